The van der Waals surface area contributed by atoms with Crippen molar-refractivity contribution in [1.82, 2.24) is 4.90 Å². The first-order valence-electron chi connectivity index (χ1n) is 18.0. The van der Waals surface area contributed by atoms with E-state index in [-0.39, 0.29) is 29.3 Å². The van der Waals surface area contributed by atoms with Gasteiger partial charge in [0.05, 0.1) is 25.0 Å². The Bertz CT molecular complexity index is 1950. The van der Waals surface area contributed by atoms with E-state index in [1.807, 2.05) is 42.5 Å². The number of halogens is 2. The normalized spacial score (nSPS) is 24.1. The second kappa shape index (κ2) is 16.2. The van der Waals surface area contributed by atoms with E-state index in [2.05, 4.69) is 18.7 Å². The average molecular weight is 714 g/mol. The summed E-state index contributed by atoms with van der Waals surface area (Å²) in [6, 6.07) is 14.4. The van der Waals surface area contributed by atoms with Crippen LogP contribution in [-0.4, -0.2) is 55.1 Å². The number of aliphatic carboxylic acids is 1. The van der Waals surface area contributed by atoms with Gasteiger partial charge in [0.2, 0.25) is 11.3 Å². The first kappa shape index (κ1) is 36.8. The molecule has 274 valence electrons. The van der Waals surface area contributed by atoms with Gasteiger partial charge >= 0.3 is 5.97 Å². The van der Waals surface area contributed by atoms with Gasteiger partial charge in [-0.15, -0.1) is 0 Å². The number of fused-ring (bicyclic) bond motifs is 2. The Hall–Kier alpha value is -4.96. The lowest BCUT2D eigenvalue weighted by atomic mass is 9.90. The third kappa shape index (κ3) is 8.56. The van der Waals surface area contributed by atoms with E-state index in [1.54, 1.807) is 30.4 Å². The maximum Gasteiger partial charge on any atom is 0.309 e. The molecular weight excluding hydrogens is 668 g/mol. The minimum Gasteiger partial charge on any atom is -0.494 e. The zero-order valence-electron chi connectivity index (χ0n) is 29.5. The number of rotatable bonds is 14. The molecule has 2 aliphatic carbocycles. The van der Waals surface area contributed by atoms with Crippen LogP contribution in [0.1, 0.15) is 51.1 Å². The Morgan fingerprint density at radius 1 is 0.808 bits per heavy atom. The molecule has 0 radical (unpaired) electrons. The van der Waals surface area contributed by atoms with Gasteiger partial charge < -0.3 is 33.1 Å². The van der Waals surface area contributed by atoms with Crippen LogP contribution in [0, 0.1) is 17.8 Å². The zero-order valence-corrected chi connectivity index (χ0v) is 29.5. The first-order valence-corrected chi connectivity index (χ1v) is 18.0. The number of likely N-dealkylation sites (tertiary alicyclic amines) is 1. The Kier molecular flexibility index (Phi) is 11.4. The molecule has 10 heteroatoms. The van der Waals surface area contributed by atoms with Gasteiger partial charge in [-0.2, -0.15) is 0 Å². The van der Waals surface area contributed by atoms with Crippen LogP contribution >= 0.6 is 0 Å². The number of nitrogens with zero attached hydrogens (tertiary/aromatic N) is 1. The minimum atomic E-state index is -1.82. The number of ether oxygens (including phenoxy) is 2. The molecule has 3 heterocycles. The zero-order chi connectivity index (χ0) is 36.7. The Balaban J connectivity index is 0.000000183. The molecule has 2 aromatic carbocycles. The van der Waals surface area contributed by atoms with Crippen LogP contribution in [0.2, 0.25) is 0 Å². The molecule has 0 amide bonds. The first-order chi connectivity index (χ1) is 25.1. The fourth-order valence-corrected chi connectivity index (χ4v) is 6.25. The smallest absolute Gasteiger partial charge is 0.309 e. The van der Waals surface area contributed by atoms with Gasteiger partial charge in [0, 0.05) is 36.3 Å². The molecule has 52 heavy (non-hydrogen) atoms. The highest BCUT2D eigenvalue weighted by atomic mass is 19.1. The van der Waals surface area contributed by atoms with E-state index in [9.17, 15) is 14.0 Å². The van der Waals surface area contributed by atoms with Gasteiger partial charge in [-0.25, -0.2) is 8.78 Å². The van der Waals surface area contributed by atoms with E-state index >= 15 is 4.39 Å². The van der Waals surface area contributed by atoms with E-state index in [0.29, 0.717) is 44.0 Å². The second-order valence-corrected chi connectivity index (χ2v) is 13.6. The molecule has 0 atom stereocenters. The summed E-state index contributed by atoms with van der Waals surface area (Å²) in [6.45, 7) is 7.36. The maximum absolute atomic E-state index is 15.5. The molecule has 0 bridgehead atoms. The summed E-state index contributed by atoms with van der Waals surface area (Å²) in [5, 5.41) is 10.6. The fourth-order valence-electron chi connectivity index (χ4n) is 6.25. The number of hydrogen-bond acceptors (Lipinski definition) is 7. The molecule has 2 aromatic heterocycles. The molecule has 1 aliphatic heterocycles. The molecule has 0 saturated carbocycles. The molecule has 4 aromatic rings. The summed E-state index contributed by atoms with van der Waals surface area (Å²) in [5.74, 6) is 0.630. The van der Waals surface area contributed by atoms with Crippen molar-refractivity contribution in [3.8, 4) is 11.5 Å². The molecule has 1 fully saturated rings. The van der Waals surface area contributed by atoms with E-state index in [4.69, 9.17) is 23.4 Å². The number of furan rings is 2. The number of hydrogen-bond donors (Lipinski definition) is 1. The van der Waals surface area contributed by atoms with Crippen molar-refractivity contribution in [3.05, 3.63) is 109 Å². The minimum absolute atomic E-state index is 0.0663. The molecule has 3 aliphatic rings. The van der Waals surface area contributed by atoms with Crippen LogP contribution in [0.15, 0.2) is 106 Å². The topological polar surface area (TPSA) is 102 Å². The Morgan fingerprint density at radius 3 is 1.73 bits per heavy atom. The van der Waals surface area contributed by atoms with Crippen LogP contribution in [0.5, 0.6) is 11.5 Å². The number of aldehydes is 1. The summed E-state index contributed by atoms with van der Waals surface area (Å²) in [6.07, 6.45) is 17.4. The van der Waals surface area contributed by atoms with Crippen LogP contribution < -0.4 is 9.47 Å². The number of benzene rings is 2. The summed E-state index contributed by atoms with van der Waals surface area (Å²) < 4.78 is 53.3. The summed E-state index contributed by atoms with van der Waals surface area (Å²) in [7, 11) is 0. The second-order valence-electron chi connectivity index (χ2n) is 13.6. The van der Waals surface area contributed by atoms with Crippen molar-refractivity contribution in [3.63, 3.8) is 0 Å². The van der Waals surface area contributed by atoms with Gasteiger partial charge in [-0.1, -0.05) is 51.0 Å². The molecule has 7 rings (SSSR count). The van der Waals surface area contributed by atoms with E-state index < -0.39 is 17.3 Å². The monoisotopic (exact) mass is 713 g/mol. The average Bonchev–Trinajstić information content (AvgIpc) is 3.76. The van der Waals surface area contributed by atoms with Gasteiger partial charge in [0.1, 0.15) is 29.0 Å². The number of allylic oxidation sites excluding steroid dienone is 6. The van der Waals surface area contributed by atoms with Gasteiger partial charge in [-0.3, -0.25) is 4.79 Å². The highest BCUT2D eigenvalue weighted by Gasteiger charge is 2.36. The van der Waals surface area contributed by atoms with Crippen LogP contribution in [0.4, 0.5) is 8.78 Å². The highest BCUT2D eigenvalue weighted by molar-refractivity contribution is 5.81. The third-order valence-electron chi connectivity index (χ3n) is 9.49. The summed E-state index contributed by atoms with van der Waals surface area (Å²) in [4.78, 5) is 23.7. The number of alkyl halides is 2. The van der Waals surface area contributed by atoms with Crippen molar-refractivity contribution in [2.75, 3.05) is 32.8 Å². The maximum atomic E-state index is 15.5. The van der Waals surface area contributed by atoms with Gasteiger partial charge in [0.15, 0.2) is 11.5 Å². The van der Waals surface area contributed by atoms with Crippen molar-refractivity contribution in [2.24, 2.45) is 17.8 Å². The lowest BCUT2D eigenvalue weighted by Crippen LogP contribution is -2.51. The highest BCUT2D eigenvalue weighted by Crippen LogP contribution is 2.39. The predicted molar refractivity (Wildman–Crippen MR) is 196 cm³/mol. The number of carboxylic acid groups (broad SMARTS) is 1. The molecule has 8 nitrogen and oxygen atoms in total. The lowest BCUT2D eigenvalue weighted by Gasteiger charge is -2.38. The molecule has 1 saturated heterocycles. The van der Waals surface area contributed by atoms with Crippen LogP contribution in [0.25, 0.3) is 21.9 Å². The quantitative estimate of drug-likeness (QED) is 0.0784. The van der Waals surface area contributed by atoms with Crippen molar-refractivity contribution < 1.29 is 41.8 Å². The SMILES string of the molecule is CCCCOc1ccc2oc(C3(F)C=CC(C=O)C=C3)cc2c1.CCCCOc1ccc2oc(C3(F)C=CC(CN4CC(C(=O)O)C4)C=C3)cc2c1. The Morgan fingerprint density at radius 2 is 1.29 bits per heavy atom. The predicted octanol–water partition coefficient (Wildman–Crippen LogP) is 9.25. The van der Waals surface area contributed by atoms with Crippen LogP contribution in [0.3, 0.4) is 0 Å². The Labute approximate surface area is 302 Å². The summed E-state index contributed by atoms with van der Waals surface area (Å²) in [5.41, 5.74) is -2.36. The van der Waals surface area contributed by atoms with Crippen LogP contribution in [-0.2, 0) is 20.9 Å². The molecule has 1 N–H and O–H groups in total. The standard InChI is InChI=1S/C23H26FNO4.C19H19FO3/c1-2-3-10-28-19-4-5-20-17(11-19)12-21(29-20)23(24)8-6-16(7-9-23)13-25-14-18(15-25)22(26)27;1-2-3-10-22-16-4-5-17-15(11-16)12-18(23-17)19(20)8-6-14(13-21)7-9-19/h4-9,11-12,16,18H,2-3,10,13-15H2,1H3,(H,26,27);4-9,11-14H,2-3,10H2,1H3. The number of unbranched alkanes of at least 4 members (excludes halogenated alkanes) is 2. The number of carbonyl (C=O) groups excluding carboxylic acids is 1. The lowest BCUT2D eigenvalue weighted by molar-refractivity contribution is -0.147. The largest absolute Gasteiger partial charge is 0.494 e. The molecular formula is C42H45F2NO7. The third-order valence-corrected chi connectivity index (χ3v) is 9.49. The summed E-state index contributed by atoms with van der Waals surface area (Å²) >= 11 is 0. The van der Waals surface area contributed by atoms with Crippen molar-refractivity contribution in [1.29, 1.82) is 0 Å². The number of carbonyl (C=O) groups is 2. The molecule has 0 unspecified atom stereocenters. The van der Waals surface area contributed by atoms with E-state index in [0.717, 1.165) is 54.2 Å². The van der Waals surface area contributed by atoms with Gasteiger partial charge in [0.25, 0.3) is 0 Å². The van der Waals surface area contributed by atoms with Crippen molar-refractivity contribution >= 4 is 34.2 Å². The number of carboxylic acids is 1. The fraction of sp³-hybridized carbons (Fsp3) is 0.381. The van der Waals surface area contributed by atoms with Gasteiger partial charge in [-0.05, 0) is 85.7 Å². The van der Waals surface area contributed by atoms with E-state index in [1.165, 1.54) is 24.3 Å². The van der Waals surface area contributed by atoms with Crippen molar-refractivity contribution in [2.45, 2.75) is 50.9 Å². The molecule has 0 spiro atoms.